The van der Waals surface area contributed by atoms with Crippen molar-refractivity contribution in [3.8, 4) is 0 Å². The fourth-order valence-corrected chi connectivity index (χ4v) is 4.78. The highest BCUT2D eigenvalue weighted by Gasteiger charge is 2.51. The van der Waals surface area contributed by atoms with Crippen molar-refractivity contribution in [2.45, 2.75) is 58.3 Å². The van der Waals surface area contributed by atoms with Crippen LogP contribution in [0.15, 0.2) is 30.3 Å². The number of ether oxygens (including phenoxy) is 1. The molecule has 0 unspecified atom stereocenters. The lowest BCUT2D eigenvalue weighted by molar-refractivity contribution is 0.0290. The Labute approximate surface area is 175 Å². The number of Topliss-reactive ketones (excluding diaryl/α,β-unsaturated/α-hetero) is 1. The number of benzene rings is 1. The van der Waals surface area contributed by atoms with E-state index in [-0.39, 0.29) is 18.8 Å². The Morgan fingerprint density at radius 1 is 1.10 bits per heavy atom. The molecule has 0 radical (unpaired) electrons. The smallest absolute Gasteiger partial charge is 0.408 e. The standard InChI is InChI=1S/C19H28F2NO5PS/c1-6-25-28(29,26-7-2)19(20,21)13-15(22-17(24)27-18(3,4)5)16(23)14-11-9-8-10-12-14/h8-12,15H,6-7,13H2,1-5H3,(H,22,24)/t15-/m1/s1. The molecule has 6 nitrogen and oxygen atoms in total. The molecule has 1 amide bonds. The molecule has 0 heterocycles. The van der Waals surface area contributed by atoms with Crippen molar-refractivity contribution >= 4 is 30.2 Å². The van der Waals surface area contributed by atoms with Gasteiger partial charge in [0.2, 0.25) is 0 Å². The van der Waals surface area contributed by atoms with Gasteiger partial charge in [-0.15, -0.1) is 0 Å². The molecule has 0 aliphatic carbocycles. The Morgan fingerprint density at radius 2 is 1.62 bits per heavy atom. The van der Waals surface area contributed by atoms with Crippen LogP contribution >= 0.6 is 6.49 Å². The molecule has 0 saturated heterocycles. The molecule has 0 aliphatic heterocycles. The second-order valence-corrected chi connectivity index (χ2v) is 10.7. The fraction of sp³-hybridized carbons (Fsp3) is 0.579. The molecule has 0 aliphatic rings. The molecule has 1 atom stereocenters. The zero-order chi connectivity index (χ0) is 22.3. The zero-order valence-electron chi connectivity index (χ0n) is 17.2. The van der Waals surface area contributed by atoms with Gasteiger partial charge in [0.1, 0.15) is 11.6 Å². The van der Waals surface area contributed by atoms with Crippen LogP contribution in [0.3, 0.4) is 0 Å². The summed E-state index contributed by atoms with van der Waals surface area (Å²) in [4.78, 5) is 25.0. The minimum Gasteiger partial charge on any atom is -0.444 e. The third kappa shape index (κ3) is 7.74. The van der Waals surface area contributed by atoms with Crippen molar-refractivity contribution in [3.63, 3.8) is 0 Å². The average Bonchev–Trinajstić information content (AvgIpc) is 2.59. The number of alkyl halides is 2. The molecule has 0 saturated carbocycles. The first-order valence-electron chi connectivity index (χ1n) is 9.21. The minimum atomic E-state index is -4.04. The van der Waals surface area contributed by atoms with E-state index in [1.807, 2.05) is 0 Å². The Balaban J connectivity index is 3.20. The molecular weight excluding hydrogens is 423 g/mol. The lowest BCUT2D eigenvalue weighted by atomic mass is 10.0. The second-order valence-electron chi connectivity index (χ2n) is 7.13. The molecule has 1 aromatic carbocycles. The van der Waals surface area contributed by atoms with Gasteiger partial charge in [-0.1, -0.05) is 30.3 Å². The maximum absolute atomic E-state index is 15.1. The van der Waals surface area contributed by atoms with Crippen molar-refractivity contribution in [2.75, 3.05) is 13.2 Å². The van der Waals surface area contributed by atoms with Crippen molar-refractivity contribution in [3.05, 3.63) is 35.9 Å². The van der Waals surface area contributed by atoms with Gasteiger partial charge in [0.25, 0.3) is 6.49 Å². The van der Waals surface area contributed by atoms with Gasteiger partial charge in [-0.3, -0.25) is 4.79 Å². The molecule has 1 aromatic rings. The predicted molar refractivity (Wildman–Crippen MR) is 111 cm³/mol. The van der Waals surface area contributed by atoms with Crippen LogP contribution in [0.4, 0.5) is 13.6 Å². The van der Waals surface area contributed by atoms with Crippen molar-refractivity contribution in [1.82, 2.24) is 5.32 Å². The molecule has 1 rings (SSSR count). The summed E-state index contributed by atoms with van der Waals surface area (Å²) >= 11 is 5.02. The van der Waals surface area contributed by atoms with Gasteiger partial charge in [-0.05, 0) is 46.4 Å². The van der Waals surface area contributed by atoms with Crippen molar-refractivity contribution in [2.24, 2.45) is 0 Å². The van der Waals surface area contributed by atoms with Gasteiger partial charge in [-0.25, -0.2) is 4.79 Å². The summed E-state index contributed by atoms with van der Waals surface area (Å²) in [6.07, 6.45) is -2.05. The summed E-state index contributed by atoms with van der Waals surface area (Å²) in [5, 5.41) is 2.25. The lowest BCUT2D eigenvalue weighted by Gasteiger charge is -2.32. The van der Waals surface area contributed by atoms with Crippen LogP contribution < -0.4 is 5.32 Å². The Kier molecular flexibility index (Phi) is 9.34. The number of rotatable bonds is 10. The summed E-state index contributed by atoms with van der Waals surface area (Å²) in [5.74, 6) is -0.689. The molecule has 0 spiro atoms. The molecular formula is C19H28F2NO5PS. The average molecular weight is 451 g/mol. The van der Waals surface area contributed by atoms with Gasteiger partial charge in [0.05, 0.1) is 13.2 Å². The van der Waals surface area contributed by atoms with E-state index in [2.05, 4.69) is 5.32 Å². The Bertz CT molecular complexity index is 730. The van der Waals surface area contributed by atoms with Gasteiger partial charge in [-0.2, -0.15) is 8.78 Å². The SMILES string of the molecule is CCOP(=S)(OCC)C(F)(F)C[C@@H](NC(=O)OC(C)(C)C)C(=O)c1ccccc1. The predicted octanol–water partition coefficient (Wildman–Crippen LogP) is 5.13. The third-order valence-electron chi connectivity index (χ3n) is 3.51. The van der Waals surface area contributed by atoms with Crippen LogP contribution in [-0.2, 0) is 25.6 Å². The quantitative estimate of drug-likeness (QED) is 0.393. The van der Waals surface area contributed by atoms with E-state index in [4.69, 9.17) is 25.6 Å². The number of hydrogen-bond donors (Lipinski definition) is 1. The van der Waals surface area contributed by atoms with Gasteiger partial charge < -0.3 is 19.1 Å². The molecule has 0 aromatic heterocycles. The monoisotopic (exact) mass is 451 g/mol. The zero-order valence-corrected chi connectivity index (χ0v) is 18.9. The van der Waals surface area contributed by atoms with E-state index < -0.39 is 42.1 Å². The molecule has 29 heavy (non-hydrogen) atoms. The first-order valence-corrected chi connectivity index (χ1v) is 11.8. The Morgan fingerprint density at radius 3 is 2.07 bits per heavy atom. The van der Waals surface area contributed by atoms with Crippen LogP contribution in [0, 0.1) is 0 Å². The van der Waals surface area contributed by atoms with E-state index in [0.29, 0.717) is 0 Å². The van der Waals surface area contributed by atoms with Crippen LogP contribution in [0.25, 0.3) is 0 Å². The molecule has 1 N–H and O–H groups in total. The van der Waals surface area contributed by atoms with Gasteiger partial charge >= 0.3 is 11.8 Å². The van der Waals surface area contributed by atoms with E-state index in [9.17, 15) is 9.59 Å². The number of halogens is 2. The van der Waals surface area contributed by atoms with Crippen LogP contribution in [-0.4, -0.2) is 42.4 Å². The summed E-state index contributed by atoms with van der Waals surface area (Å²) in [5.41, 5.74) is -4.35. The van der Waals surface area contributed by atoms with Gasteiger partial charge in [0, 0.05) is 12.0 Å². The third-order valence-corrected chi connectivity index (χ3v) is 7.13. The number of amides is 1. The normalized spacial score (nSPS) is 13.6. The highest BCUT2D eigenvalue weighted by Crippen LogP contribution is 2.63. The summed E-state index contributed by atoms with van der Waals surface area (Å²) in [6.45, 7) is 3.76. The number of carbonyl (C=O) groups is 2. The summed E-state index contributed by atoms with van der Waals surface area (Å²) in [6, 6.07) is 6.26. The summed E-state index contributed by atoms with van der Waals surface area (Å²) in [7, 11) is 0. The molecule has 10 heteroatoms. The molecule has 164 valence electrons. The number of hydrogen-bond acceptors (Lipinski definition) is 6. The lowest BCUT2D eigenvalue weighted by Crippen LogP contribution is -2.46. The minimum absolute atomic E-state index is 0.0658. The van der Waals surface area contributed by atoms with E-state index in [1.165, 1.54) is 26.0 Å². The number of alkyl carbamates (subject to hydrolysis) is 1. The first-order chi connectivity index (χ1) is 13.3. The largest absolute Gasteiger partial charge is 0.444 e. The Hall–Kier alpha value is -1.41. The van der Waals surface area contributed by atoms with Crippen LogP contribution in [0.2, 0.25) is 0 Å². The van der Waals surface area contributed by atoms with Gasteiger partial charge in [0.15, 0.2) is 5.78 Å². The van der Waals surface area contributed by atoms with Crippen molar-refractivity contribution < 1.29 is 32.2 Å². The van der Waals surface area contributed by atoms with E-state index >= 15 is 8.78 Å². The fourth-order valence-electron chi connectivity index (χ4n) is 2.39. The summed E-state index contributed by atoms with van der Waals surface area (Å²) < 4.78 is 45.6. The molecule has 0 bridgehead atoms. The van der Waals surface area contributed by atoms with Crippen LogP contribution in [0.1, 0.15) is 51.4 Å². The number of ketones is 1. The first kappa shape index (κ1) is 25.6. The highest BCUT2D eigenvalue weighted by molar-refractivity contribution is 8.10. The maximum atomic E-state index is 15.1. The van der Waals surface area contributed by atoms with Crippen LogP contribution in [0.5, 0.6) is 0 Å². The molecule has 0 fully saturated rings. The highest BCUT2D eigenvalue weighted by atomic mass is 32.5. The maximum Gasteiger partial charge on any atom is 0.408 e. The number of carbonyl (C=O) groups excluding carboxylic acids is 2. The van der Waals surface area contributed by atoms with E-state index in [0.717, 1.165) is 0 Å². The van der Waals surface area contributed by atoms with E-state index in [1.54, 1.807) is 39.0 Å². The topological polar surface area (TPSA) is 73.9 Å². The second kappa shape index (κ2) is 10.6. The number of nitrogens with one attached hydrogen (secondary N) is 1. The van der Waals surface area contributed by atoms with Crippen molar-refractivity contribution in [1.29, 1.82) is 0 Å².